The maximum absolute atomic E-state index is 13.6. The van der Waals surface area contributed by atoms with E-state index in [4.69, 9.17) is 10.5 Å². The van der Waals surface area contributed by atoms with E-state index in [0.29, 0.717) is 0 Å². The number of ether oxygens (including phenoxy) is 1. The zero-order chi connectivity index (χ0) is 13.7. The van der Waals surface area contributed by atoms with E-state index in [1.165, 1.54) is 45.3 Å². The lowest BCUT2D eigenvalue weighted by Crippen LogP contribution is -2.17. The number of thioether (sulfide) groups is 1. The van der Waals surface area contributed by atoms with Crippen molar-refractivity contribution in [3.63, 3.8) is 0 Å². The maximum atomic E-state index is 13.6. The second kappa shape index (κ2) is 7.15. The van der Waals surface area contributed by atoms with Crippen LogP contribution >= 0.6 is 11.8 Å². The Morgan fingerprint density at radius 1 is 1.37 bits per heavy atom. The fraction of sp³-hybridized carbons (Fsp3) is 0.600. The van der Waals surface area contributed by atoms with E-state index < -0.39 is 0 Å². The van der Waals surface area contributed by atoms with Gasteiger partial charge >= 0.3 is 0 Å². The molecule has 106 valence electrons. The summed E-state index contributed by atoms with van der Waals surface area (Å²) in [5.41, 5.74) is 6.99. The summed E-state index contributed by atoms with van der Waals surface area (Å²) in [6.07, 6.45) is 6.64. The molecule has 1 unspecified atom stereocenters. The molecule has 0 amide bonds. The molecule has 1 aliphatic carbocycles. The lowest BCUT2D eigenvalue weighted by Gasteiger charge is -2.22. The Bertz CT molecular complexity index is 407. The van der Waals surface area contributed by atoms with Crippen LogP contribution in [0.4, 0.5) is 4.39 Å². The molecule has 1 atom stereocenters. The molecule has 1 aliphatic rings. The molecule has 0 bridgehead atoms. The Morgan fingerprint density at radius 3 is 2.74 bits per heavy atom. The first kappa shape index (κ1) is 14.7. The molecule has 1 aromatic carbocycles. The molecule has 19 heavy (non-hydrogen) atoms. The molecule has 1 saturated carbocycles. The minimum Gasteiger partial charge on any atom is -0.494 e. The third kappa shape index (κ3) is 4.11. The molecular weight excluding hydrogens is 261 g/mol. The number of rotatable bonds is 5. The van der Waals surface area contributed by atoms with Gasteiger partial charge in [0.05, 0.1) is 7.11 Å². The zero-order valence-electron chi connectivity index (χ0n) is 11.4. The van der Waals surface area contributed by atoms with E-state index in [1.54, 1.807) is 6.07 Å². The van der Waals surface area contributed by atoms with Crippen molar-refractivity contribution in [3.8, 4) is 5.75 Å². The third-order valence-electron chi connectivity index (χ3n) is 3.67. The van der Waals surface area contributed by atoms with E-state index >= 15 is 0 Å². The molecule has 0 aliphatic heterocycles. The molecule has 1 aromatic rings. The summed E-state index contributed by atoms with van der Waals surface area (Å²) in [6, 6.07) is 4.89. The van der Waals surface area contributed by atoms with Crippen LogP contribution in [0, 0.1) is 5.82 Å². The van der Waals surface area contributed by atoms with Crippen molar-refractivity contribution >= 4 is 11.8 Å². The van der Waals surface area contributed by atoms with Crippen LogP contribution < -0.4 is 10.5 Å². The Kier molecular flexibility index (Phi) is 5.52. The summed E-state index contributed by atoms with van der Waals surface area (Å²) in [5.74, 6) is 0.796. The first-order valence-corrected chi connectivity index (χ1v) is 7.96. The normalized spacial score (nSPS) is 18.3. The summed E-state index contributed by atoms with van der Waals surface area (Å²) in [6.45, 7) is 0. The van der Waals surface area contributed by atoms with Gasteiger partial charge in [0.25, 0.3) is 0 Å². The lowest BCUT2D eigenvalue weighted by atomic mass is 10.0. The van der Waals surface area contributed by atoms with Crippen LogP contribution in [-0.4, -0.2) is 18.1 Å². The highest BCUT2D eigenvalue weighted by Crippen LogP contribution is 2.31. The van der Waals surface area contributed by atoms with E-state index in [2.05, 4.69) is 0 Å². The van der Waals surface area contributed by atoms with E-state index in [9.17, 15) is 4.39 Å². The largest absolute Gasteiger partial charge is 0.494 e. The van der Waals surface area contributed by atoms with Crippen molar-refractivity contribution in [3.05, 3.63) is 29.6 Å². The van der Waals surface area contributed by atoms with Crippen LogP contribution in [0.2, 0.25) is 0 Å². The molecule has 4 heteroatoms. The second-order valence-electron chi connectivity index (χ2n) is 5.09. The fourth-order valence-corrected chi connectivity index (χ4v) is 3.82. The molecular formula is C15H22FNOS. The van der Waals surface area contributed by atoms with Gasteiger partial charge in [-0.2, -0.15) is 11.8 Å². The van der Waals surface area contributed by atoms with Crippen molar-refractivity contribution in [2.45, 2.75) is 43.4 Å². The van der Waals surface area contributed by atoms with E-state index in [0.717, 1.165) is 16.6 Å². The van der Waals surface area contributed by atoms with Gasteiger partial charge in [0.2, 0.25) is 0 Å². The molecule has 1 fully saturated rings. The summed E-state index contributed by atoms with van der Waals surface area (Å²) in [5, 5.41) is 0.739. The van der Waals surface area contributed by atoms with Crippen LogP contribution in [0.3, 0.4) is 0 Å². The number of hydrogen-bond donors (Lipinski definition) is 1. The minimum atomic E-state index is -0.335. The van der Waals surface area contributed by atoms with Gasteiger partial charge in [0.15, 0.2) is 11.6 Å². The quantitative estimate of drug-likeness (QED) is 0.890. The Labute approximate surface area is 118 Å². The van der Waals surface area contributed by atoms with Gasteiger partial charge in [-0.1, -0.05) is 25.3 Å². The highest BCUT2D eigenvalue weighted by atomic mass is 32.2. The van der Waals surface area contributed by atoms with Crippen molar-refractivity contribution in [2.24, 2.45) is 5.73 Å². The van der Waals surface area contributed by atoms with Crippen LogP contribution in [0.1, 0.15) is 43.7 Å². The molecule has 0 aromatic heterocycles. The number of benzene rings is 1. The zero-order valence-corrected chi connectivity index (χ0v) is 12.2. The van der Waals surface area contributed by atoms with Gasteiger partial charge in [-0.15, -0.1) is 0 Å². The highest BCUT2D eigenvalue weighted by Gasteiger charge is 2.16. The third-order valence-corrected chi connectivity index (χ3v) is 5.16. The summed E-state index contributed by atoms with van der Waals surface area (Å²) in [7, 11) is 1.47. The average molecular weight is 283 g/mol. The molecule has 0 saturated heterocycles. The maximum Gasteiger partial charge on any atom is 0.165 e. The Morgan fingerprint density at radius 2 is 2.11 bits per heavy atom. The number of hydrogen-bond acceptors (Lipinski definition) is 3. The molecule has 0 radical (unpaired) electrons. The van der Waals surface area contributed by atoms with Crippen LogP contribution in [0.15, 0.2) is 18.2 Å². The van der Waals surface area contributed by atoms with Crippen LogP contribution in [-0.2, 0) is 0 Å². The number of nitrogens with two attached hydrogens (primary N) is 1. The molecule has 2 nitrogen and oxygen atoms in total. The van der Waals surface area contributed by atoms with Gasteiger partial charge < -0.3 is 10.5 Å². The van der Waals surface area contributed by atoms with Gasteiger partial charge in [0.1, 0.15) is 0 Å². The second-order valence-corrected chi connectivity index (χ2v) is 6.43. The van der Waals surface area contributed by atoms with Crippen molar-refractivity contribution in [2.75, 3.05) is 12.9 Å². The molecule has 0 spiro atoms. The summed E-state index contributed by atoms with van der Waals surface area (Å²) >= 11 is 1.94. The minimum absolute atomic E-state index is 0.104. The number of methoxy groups -OCH3 is 1. The summed E-state index contributed by atoms with van der Waals surface area (Å²) < 4.78 is 18.5. The SMILES string of the molecule is COc1ccc(C(N)CSC2CCCCC2)cc1F. The van der Waals surface area contributed by atoms with Crippen molar-refractivity contribution in [1.82, 2.24) is 0 Å². The fourth-order valence-electron chi connectivity index (χ4n) is 2.48. The van der Waals surface area contributed by atoms with Gasteiger partial charge in [-0.05, 0) is 30.5 Å². The summed E-state index contributed by atoms with van der Waals surface area (Å²) in [4.78, 5) is 0. The number of halogens is 1. The van der Waals surface area contributed by atoms with Crippen LogP contribution in [0.5, 0.6) is 5.75 Å². The van der Waals surface area contributed by atoms with Gasteiger partial charge in [-0.25, -0.2) is 4.39 Å². The first-order chi connectivity index (χ1) is 9.20. The monoisotopic (exact) mass is 283 g/mol. The standard InChI is InChI=1S/C15H22FNOS/c1-18-15-8-7-11(9-13(15)16)14(17)10-19-12-5-3-2-4-6-12/h7-9,12,14H,2-6,10,17H2,1H3. The molecule has 2 rings (SSSR count). The Hall–Kier alpha value is -0.740. The molecule has 0 heterocycles. The van der Waals surface area contributed by atoms with Gasteiger partial charge in [-0.3, -0.25) is 0 Å². The highest BCUT2D eigenvalue weighted by molar-refractivity contribution is 7.99. The van der Waals surface area contributed by atoms with E-state index in [-0.39, 0.29) is 17.6 Å². The Balaban J connectivity index is 1.88. The molecule has 2 N–H and O–H groups in total. The lowest BCUT2D eigenvalue weighted by molar-refractivity contribution is 0.386. The first-order valence-electron chi connectivity index (χ1n) is 6.91. The predicted molar refractivity (Wildman–Crippen MR) is 79.2 cm³/mol. The van der Waals surface area contributed by atoms with Crippen LogP contribution in [0.25, 0.3) is 0 Å². The average Bonchev–Trinajstić information content (AvgIpc) is 2.45. The smallest absolute Gasteiger partial charge is 0.165 e. The van der Waals surface area contributed by atoms with Crippen molar-refractivity contribution in [1.29, 1.82) is 0 Å². The topological polar surface area (TPSA) is 35.2 Å². The van der Waals surface area contributed by atoms with Crippen molar-refractivity contribution < 1.29 is 9.13 Å². The van der Waals surface area contributed by atoms with Gasteiger partial charge in [0, 0.05) is 17.0 Å². The predicted octanol–water partition coefficient (Wildman–Crippen LogP) is 3.90. The van der Waals surface area contributed by atoms with E-state index in [1.807, 2.05) is 17.8 Å².